The molecule has 0 aromatic heterocycles. The van der Waals surface area contributed by atoms with Crippen LogP contribution in [0.5, 0.6) is 0 Å². The Hall–Kier alpha value is -2.28. The van der Waals surface area contributed by atoms with Gasteiger partial charge in [-0.15, -0.1) is 0 Å². The van der Waals surface area contributed by atoms with Gasteiger partial charge in [0.2, 0.25) is 0 Å². The van der Waals surface area contributed by atoms with Gasteiger partial charge in [0.1, 0.15) is 0 Å². The van der Waals surface area contributed by atoms with Crippen LogP contribution in [0, 0.1) is 5.41 Å². The third-order valence-electron chi connectivity index (χ3n) is 5.10. The third-order valence-corrected chi connectivity index (χ3v) is 5.10. The van der Waals surface area contributed by atoms with Gasteiger partial charge < -0.3 is 5.73 Å². The van der Waals surface area contributed by atoms with Crippen molar-refractivity contribution in [1.82, 2.24) is 0 Å². The van der Waals surface area contributed by atoms with Crippen molar-refractivity contribution >= 4 is 5.57 Å². The Labute approximate surface area is 139 Å². The number of hydrogen-bond donors (Lipinski definition) is 1. The van der Waals surface area contributed by atoms with Crippen LogP contribution in [0.15, 0.2) is 78.5 Å². The zero-order chi connectivity index (χ0) is 16.5. The van der Waals surface area contributed by atoms with E-state index in [1.807, 2.05) is 6.07 Å². The molecule has 1 atom stereocenters. The molecule has 0 aliphatic heterocycles. The van der Waals surface area contributed by atoms with E-state index in [2.05, 4.69) is 87.5 Å². The molecule has 0 radical (unpaired) electrons. The highest BCUT2D eigenvalue weighted by Gasteiger charge is 2.43. The number of rotatable bonds is 2. The van der Waals surface area contributed by atoms with E-state index in [1.165, 1.54) is 16.7 Å². The number of benzene rings is 2. The van der Waals surface area contributed by atoms with Crippen molar-refractivity contribution < 1.29 is 0 Å². The molecule has 2 aromatic rings. The Bertz CT molecular complexity index is 733. The second-order valence-corrected chi connectivity index (χ2v) is 7.40. The minimum atomic E-state index is -0.0533. The zero-order valence-corrected chi connectivity index (χ0v) is 14.2. The molecule has 0 heterocycles. The Morgan fingerprint density at radius 3 is 2.00 bits per heavy atom. The number of hydrogen-bond acceptors (Lipinski definition) is 1. The van der Waals surface area contributed by atoms with Crippen molar-refractivity contribution in [2.45, 2.75) is 32.6 Å². The average molecular weight is 303 g/mol. The van der Waals surface area contributed by atoms with E-state index in [1.54, 1.807) is 0 Å². The molecule has 0 saturated heterocycles. The predicted octanol–water partition coefficient (Wildman–Crippen LogP) is 5.30. The van der Waals surface area contributed by atoms with Crippen LogP contribution in [0.1, 0.15) is 38.3 Å². The minimum absolute atomic E-state index is 0.0533. The fourth-order valence-corrected chi connectivity index (χ4v) is 3.56. The second kappa shape index (κ2) is 5.73. The summed E-state index contributed by atoms with van der Waals surface area (Å²) >= 11 is 0. The first-order chi connectivity index (χ1) is 10.9. The summed E-state index contributed by atoms with van der Waals surface area (Å²) in [5.41, 5.74) is 11.1. The van der Waals surface area contributed by atoms with Crippen molar-refractivity contribution in [1.29, 1.82) is 0 Å². The van der Waals surface area contributed by atoms with Crippen LogP contribution in [0.3, 0.4) is 0 Å². The van der Waals surface area contributed by atoms with Crippen LogP contribution in [-0.4, -0.2) is 0 Å². The number of allylic oxidation sites excluding steroid dienone is 3. The minimum Gasteiger partial charge on any atom is -0.398 e. The highest BCUT2D eigenvalue weighted by atomic mass is 14.6. The molecule has 1 aliphatic carbocycles. The SMILES string of the molecule is CC(C)(C)C1(c2ccccc2)C=CC(N)=C(c2ccccc2)C1. The summed E-state index contributed by atoms with van der Waals surface area (Å²) in [6, 6.07) is 21.3. The lowest BCUT2D eigenvalue weighted by Gasteiger charge is -2.46. The lowest BCUT2D eigenvalue weighted by atomic mass is 9.58. The lowest BCUT2D eigenvalue weighted by molar-refractivity contribution is 0.239. The van der Waals surface area contributed by atoms with E-state index < -0.39 is 0 Å². The van der Waals surface area contributed by atoms with Crippen LogP contribution in [0.25, 0.3) is 5.57 Å². The highest BCUT2D eigenvalue weighted by molar-refractivity contribution is 5.74. The third kappa shape index (κ3) is 2.72. The molecular weight excluding hydrogens is 278 g/mol. The summed E-state index contributed by atoms with van der Waals surface area (Å²) in [5, 5.41) is 0. The van der Waals surface area contributed by atoms with Crippen LogP contribution in [0.4, 0.5) is 0 Å². The summed E-state index contributed by atoms with van der Waals surface area (Å²) in [6.45, 7) is 6.94. The van der Waals surface area contributed by atoms with Crippen LogP contribution in [0.2, 0.25) is 0 Å². The molecule has 3 rings (SSSR count). The van der Waals surface area contributed by atoms with Crippen LogP contribution in [-0.2, 0) is 5.41 Å². The van der Waals surface area contributed by atoms with Gasteiger partial charge in [-0.25, -0.2) is 0 Å². The standard InChI is InChI=1S/C22H25N/c1-21(2,3)22(18-12-8-5-9-13-18)15-14-20(23)19(16-22)17-10-6-4-7-11-17/h4-15H,16,23H2,1-3H3. The predicted molar refractivity (Wildman–Crippen MR) is 98.9 cm³/mol. The molecule has 2 N–H and O–H groups in total. The molecule has 118 valence electrons. The van der Waals surface area contributed by atoms with Crippen molar-refractivity contribution in [3.8, 4) is 0 Å². The van der Waals surface area contributed by atoms with Gasteiger partial charge in [-0.2, -0.15) is 0 Å². The van der Waals surface area contributed by atoms with Crippen molar-refractivity contribution in [2.75, 3.05) is 0 Å². The van der Waals surface area contributed by atoms with Gasteiger partial charge in [-0.1, -0.05) is 87.5 Å². The fourth-order valence-electron chi connectivity index (χ4n) is 3.56. The molecule has 0 bridgehead atoms. The van der Waals surface area contributed by atoms with E-state index >= 15 is 0 Å². The first-order valence-corrected chi connectivity index (χ1v) is 8.23. The summed E-state index contributed by atoms with van der Waals surface area (Å²) in [4.78, 5) is 0. The van der Waals surface area contributed by atoms with Crippen molar-refractivity contribution in [2.24, 2.45) is 11.1 Å². The maximum atomic E-state index is 6.35. The molecule has 1 heteroatoms. The molecule has 2 aromatic carbocycles. The smallest absolute Gasteiger partial charge is 0.0350 e. The summed E-state index contributed by atoms with van der Waals surface area (Å²) in [5.74, 6) is 0. The molecule has 0 saturated carbocycles. The van der Waals surface area contributed by atoms with Gasteiger partial charge >= 0.3 is 0 Å². The van der Waals surface area contributed by atoms with Crippen molar-refractivity contribution in [3.05, 3.63) is 89.6 Å². The summed E-state index contributed by atoms with van der Waals surface area (Å²) < 4.78 is 0. The first kappa shape index (κ1) is 15.6. The molecular formula is C22H25N. The molecule has 1 nitrogen and oxygen atoms in total. The molecule has 0 amide bonds. The molecule has 1 aliphatic rings. The van der Waals surface area contributed by atoms with Crippen molar-refractivity contribution in [3.63, 3.8) is 0 Å². The lowest BCUT2D eigenvalue weighted by Crippen LogP contribution is -2.40. The highest BCUT2D eigenvalue weighted by Crippen LogP contribution is 2.51. The van der Waals surface area contributed by atoms with Gasteiger partial charge in [0.25, 0.3) is 0 Å². The van der Waals surface area contributed by atoms with Gasteiger partial charge in [0.15, 0.2) is 0 Å². The van der Waals surface area contributed by atoms with E-state index in [0.717, 1.165) is 12.1 Å². The molecule has 0 fully saturated rings. The monoisotopic (exact) mass is 303 g/mol. The maximum absolute atomic E-state index is 6.35. The van der Waals surface area contributed by atoms with Gasteiger partial charge in [0, 0.05) is 11.1 Å². The maximum Gasteiger partial charge on any atom is 0.0350 e. The molecule has 0 spiro atoms. The van der Waals surface area contributed by atoms with E-state index in [0.29, 0.717) is 0 Å². The Morgan fingerprint density at radius 1 is 0.870 bits per heavy atom. The van der Waals surface area contributed by atoms with E-state index in [9.17, 15) is 0 Å². The largest absolute Gasteiger partial charge is 0.398 e. The van der Waals surface area contributed by atoms with Gasteiger partial charge in [-0.05, 0) is 34.6 Å². The normalized spacial score (nSPS) is 21.5. The van der Waals surface area contributed by atoms with Gasteiger partial charge in [-0.3, -0.25) is 0 Å². The molecule has 23 heavy (non-hydrogen) atoms. The average Bonchev–Trinajstić information content (AvgIpc) is 2.56. The van der Waals surface area contributed by atoms with Crippen LogP contribution >= 0.6 is 0 Å². The van der Waals surface area contributed by atoms with Crippen LogP contribution < -0.4 is 5.73 Å². The van der Waals surface area contributed by atoms with E-state index in [-0.39, 0.29) is 10.8 Å². The summed E-state index contributed by atoms with van der Waals surface area (Å²) in [6.07, 6.45) is 5.33. The van der Waals surface area contributed by atoms with E-state index in [4.69, 9.17) is 5.73 Å². The Morgan fingerprint density at radius 2 is 1.43 bits per heavy atom. The quantitative estimate of drug-likeness (QED) is 0.800. The Balaban J connectivity index is 2.14. The summed E-state index contributed by atoms with van der Waals surface area (Å²) in [7, 11) is 0. The number of nitrogens with two attached hydrogens (primary N) is 1. The molecule has 1 unspecified atom stereocenters. The Kier molecular flexibility index (Phi) is 3.89. The second-order valence-electron chi connectivity index (χ2n) is 7.40. The fraction of sp³-hybridized carbons (Fsp3) is 0.273. The zero-order valence-electron chi connectivity index (χ0n) is 14.2. The van der Waals surface area contributed by atoms with Gasteiger partial charge in [0.05, 0.1) is 0 Å². The first-order valence-electron chi connectivity index (χ1n) is 8.23. The topological polar surface area (TPSA) is 26.0 Å².